The second kappa shape index (κ2) is 8.49. The first-order valence-corrected chi connectivity index (χ1v) is 8.93. The smallest absolute Gasteiger partial charge is 0.226 e. The number of hydrogen-bond acceptors (Lipinski definition) is 3. The van der Waals surface area contributed by atoms with Crippen LogP contribution in [0.3, 0.4) is 0 Å². The highest BCUT2D eigenvalue weighted by Crippen LogP contribution is 2.32. The third kappa shape index (κ3) is 4.34. The molecule has 6 heteroatoms. The summed E-state index contributed by atoms with van der Waals surface area (Å²) in [6.45, 7) is 4.32. The van der Waals surface area contributed by atoms with Gasteiger partial charge >= 0.3 is 0 Å². The van der Waals surface area contributed by atoms with E-state index < -0.39 is 5.82 Å². The van der Waals surface area contributed by atoms with Crippen LogP contribution in [0.1, 0.15) is 24.6 Å². The van der Waals surface area contributed by atoms with Gasteiger partial charge in [-0.2, -0.15) is 5.10 Å². The lowest BCUT2D eigenvalue weighted by Gasteiger charge is -2.12. The number of nitrogens with one attached hydrogen (secondary N) is 1. The first kappa shape index (κ1) is 18.6. The Morgan fingerprint density at radius 2 is 1.85 bits per heavy atom. The Bertz CT molecular complexity index is 922. The average Bonchev–Trinajstić information content (AvgIpc) is 2.98. The van der Waals surface area contributed by atoms with Crippen LogP contribution in [0.4, 0.5) is 4.39 Å². The lowest BCUT2D eigenvalue weighted by molar-refractivity contribution is -0.120. The summed E-state index contributed by atoms with van der Waals surface area (Å²) >= 11 is 0. The van der Waals surface area contributed by atoms with Gasteiger partial charge in [0.25, 0.3) is 0 Å². The predicted molar refractivity (Wildman–Crippen MR) is 102 cm³/mol. The number of nitrogens with zero attached hydrogens (tertiary/aromatic N) is 2. The minimum absolute atomic E-state index is 0.0406. The third-order valence-corrected chi connectivity index (χ3v) is 4.16. The van der Waals surface area contributed by atoms with Crippen molar-refractivity contribution in [2.75, 3.05) is 6.54 Å². The van der Waals surface area contributed by atoms with Crippen molar-refractivity contribution in [1.29, 1.82) is 0 Å². The van der Waals surface area contributed by atoms with Crippen LogP contribution in [0.25, 0.3) is 5.69 Å². The zero-order chi connectivity index (χ0) is 19.2. The Kier molecular flexibility index (Phi) is 5.86. The number of benzene rings is 2. The predicted octanol–water partition coefficient (Wildman–Crippen LogP) is 4.18. The van der Waals surface area contributed by atoms with Crippen molar-refractivity contribution in [3.05, 3.63) is 71.7 Å². The summed E-state index contributed by atoms with van der Waals surface area (Å²) in [6.07, 6.45) is 0.761. The Morgan fingerprint density at radius 3 is 2.56 bits per heavy atom. The van der Waals surface area contributed by atoms with E-state index in [0.29, 0.717) is 25.3 Å². The van der Waals surface area contributed by atoms with Gasteiger partial charge in [-0.05, 0) is 44.5 Å². The molecule has 0 saturated carbocycles. The molecule has 0 aliphatic rings. The summed E-state index contributed by atoms with van der Waals surface area (Å²) in [5, 5.41) is 7.35. The summed E-state index contributed by atoms with van der Waals surface area (Å²) in [5.41, 5.74) is 2.33. The van der Waals surface area contributed by atoms with Crippen molar-refractivity contribution in [1.82, 2.24) is 15.1 Å². The number of carbonyl (C=O) groups excluding carboxylic acids is 1. The van der Waals surface area contributed by atoms with Gasteiger partial charge in [0.05, 0.1) is 11.4 Å². The molecular formula is C21H22FN3O2. The fourth-order valence-corrected chi connectivity index (χ4v) is 2.83. The minimum atomic E-state index is -0.453. The van der Waals surface area contributed by atoms with Crippen molar-refractivity contribution < 1.29 is 13.9 Å². The Hall–Kier alpha value is -3.15. The largest absolute Gasteiger partial charge is 0.436 e. The number of aryl methyl sites for hydroxylation is 1. The van der Waals surface area contributed by atoms with Crippen LogP contribution >= 0.6 is 0 Å². The van der Waals surface area contributed by atoms with Gasteiger partial charge in [-0.1, -0.05) is 30.3 Å². The molecule has 1 N–H and O–H groups in total. The van der Waals surface area contributed by atoms with Crippen molar-refractivity contribution in [2.24, 2.45) is 0 Å². The van der Waals surface area contributed by atoms with Crippen molar-refractivity contribution in [3.8, 4) is 17.3 Å². The number of halogens is 1. The summed E-state index contributed by atoms with van der Waals surface area (Å²) in [5.74, 6) is 0.0498. The topological polar surface area (TPSA) is 56.2 Å². The van der Waals surface area contributed by atoms with Crippen LogP contribution in [-0.2, 0) is 11.2 Å². The Labute approximate surface area is 157 Å². The van der Waals surface area contributed by atoms with Crippen LogP contribution in [0.15, 0.2) is 54.6 Å². The number of carbonyl (C=O) groups is 1. The number of amides is 1. The molecule has 5 nitrogen and oxygen atoms in total. The second-order valence-electron chi connectivity index (χ2n) is 6.10. The van der Waals surface area contributed by atoms with Gasteiger partial charge in [0.1, 0.15) is 0 Å². The lowest BCUT2D eigenvalue weighted by atomic mass is 10.1. The van der Waals surface area contributed by atoms with Gasteiger partial charge in [-0.15, -0.1) is 0 Å². The Morgan fingerprint density at radius 1 is 1.15 bits per heavy atom. The molecule has 0 spiro atoms. The molecule has 0 radical (unpaired) electrons. The summed E-state index contributed by atoms with van der Waals surface area (Å²) in [7, 11) is 0. The van der Waals surface area contributed by atoms with Gasteiger partial charge < -0.3 is 10.1 Å². The molecule has 2 aromatic carbocycles. The molecule has 3 rings (SSSR count). The van der Waals surface area contributed by atoms with E-state index in [0.717, 1.165) is 16.9 Å². The van der Waals surface area contributed by atoms with Crippen LogP contribution < -0.4 is 10.1 Å². The molecule has 3 aromatic rings. The maximum absolute atomic E-state index is 14.1. The molecule has 140 valence electrons. The van der Waals surface area contributed by atoms with E-state index in [2.05, 4.69) is 10.4 Å². The van der Waals surface area contributed by atoms with Crippen LogP contribution in [0, 0.1) is 12.7 Å². The zero-order valence-corrected chi connectivity index (χ0v) is 15.4. The van der Waals surface area contributed by atoms with Crippen molar-refractivity contribution in [2.45, 2.75) is 26.7 Å². The van der Waals surface area contributed by atoms with Crippen LogP contribution in [0.5, 0.6) is 11.6 Å². The van der Waals surface area contributed by atoms with Gasteiger partial charge in [0.2, 0.25) is 11.8 Å². The molecule has 0 unspecified atom stereocenters. The maximum Gasteiger partial charge on any atom is 0.226 e. The van der Waals surface area contributed by atoms with E-state index in [9.17, 15) is 9.18 Å². The van der Waals surface area contributed by atoms with E-state index in [4.69, 9.17) is 4.74 Å². The van der Waals surface area contributed by atoms with E-state index in [1.165, 1.54) is 6.07 Å². The number of rotatable bonds is 7. The molecule has 0 aliphatic heterocycles. The fourth-order valence-electron chi connectivity index (χ4n) is 2.83. The minimum Gasteiger partial charge on any atom is -0.436 e. The summed E-state index contributed by atoms with van der Waals surface area (Å²) in [6, 6.07) is 15.7. The lowest BCUT2D eigenvalue weighted by Crippen LogP contribution is -2.22. The second-order valence-corrected chi connectivity index (χ2v) is 6.10. The van der Waals surface area contributed by atoms with E-state index in [-0.39, 0.29) is 11.7 Å². The van der Waals surface area contributed by atoms with E-state index in [1.54, 1.807) is 22.9 Å². The molecule has 1 aromatic heterocycles. The first-order valence-electron chi connectivity index (χ1n) is 8.93. The van der Waals surface area contributed by atoms with Crippen LogP contribution in [0.2, 0.25) is 0 Å². The van der Waals surface area contributed by atoms with Gasteiger partial charge in [0, 0.05) is 18.5 Å². The van der Waals surface area contributed by atoms with Crippen LogP contribution in [-0.4, -0.2) is 22.2 Å². The highest BCUT2D eigenvalue weighted by Gasteiger charge is 2.20. The average molecular weight is 367 g/mol. The van der Waals surface area contributed by atoms with Gasteiger partial charge in [-0.3, -0.25) is 4.79 Å². The standard InChI is InChI=1S/C21H22FN3O2/c1-3-23-20(26)14-13-17-15(2)24-25(16-9-5-4-6-10-16)21(17)27-19-12-8-7-11-18(19)22/h4-12H,3,13-14H2,1-2H3,(H,23,26). The zero-order valence-electron chi connectivity index (χ0n) is 15.4. The molecular weight excluding hydrogens is 345 g/mol. The van der Waals surface area contributed by atoms with Gasteiger partial charge in [-0.25, -0.2) is 9.07 Å². The molecule has 1 amide bonds. The SMILES string of the molecule is CCNC(=O)CCc1c(C)nn(-c2ccccc2)c1Oc1ccccc1F. The molecule has 27 heavy (non-hydrogen) atoms. The number of para-hydroxylation sites is 2. The molecule has 0 bridgehead atoms. The van der Waals surface area contributed by atoms with Gasteiger partial charge in [0.15, 0.2) is 11.6 Å². The highest BCUT2D eigenvalue weighted by atomic mass is 19.1. The molecule has 1 heterocycles. The fraction of sp³-hybridized carbons (Fsp3) is 0.238. The number of ether oxygens (including phenoxy) is 1. The summed E-state index contributed by atoms with van der Waals surface area (Å²) in [4.78, 5) is 11.9. The highest BCUT2D eigenvalue weighted by molar-refractivity contribution is 5.76. The normalized spacial score (nSPS) is 10.6. The quantitative estimate of drug-likeness (QED) is 0.681. The molecule has 0 fully saturated rings. The molecule has 0 aliphatic carbocycles. The maximum atomic E-state index is 14.1. The number of aromatic nitrogens is 2. The molecule has 0 saturated heterocycles. The van der Waals surface area contributed by atoms with Crippen molar-refractivity contribution in [3.63, 3.8) is 0 Å². The third-order valence-electron chi connectivity index (χ3n) is 4.16. The summed E-state index contributed by atoms with van der Waals surface area (Å²) < 4.78 is 21.7. The first-order chi connectivity index (χ1) is 13.1. The molecule has 0 atom stereocenters. The Balaban J connectivity index is 2.00. The van der Waals surface area contributed by atoms with E-state index >= 15 is 0 Å². The van der Waals surface area contributed by atoms with E-state index in [1.807, 2.05) is 44.2 Å². The van der Waals surface area contributed by atoms with Crippen molar-refractivity contribution >= 4 is 5.91 Å². The monoisotopic (exact) mass is 367 g/mol. The number of hydrogen-bond donors (Lipinski definition) is 1.